The summed E-state index contributed by atoms with van der Waals surface area (Å²) in [5.74, 6) is -0.616. The standard InChI is InChI=1S/C4H8O2.C2H4O2.Pb/c1-2-3-4(5)6;1-2(3)4;/h2-3H2,1H3,(H,5,6);1H3,(H,3,4);/q;;+2/p-2. The average Bonchev–Trinajstić information content (AvgIpc) is 1.87. The van der Waals surface area contributed by atoms with Crippen LogP contribution in [0.4, 0.5) is 0 Å². The zero-order chi connectivity index (χ0) is 8.69. The molecule has 0 saturated heterocycles. The zero-order valence-corrected chi connectivity index (χ0v) is 10.4. The van der Waals surface area contributed by atoms with Crippen molar-refractivity contribution in [1.82, 2.24) is 0 Å². The number of hydrogen-bond acceptors (Lipinski definition) is 4. The van der Waals surface area contributed by atoms with Crippen molar-refractivity contribution in [2.45, 2.75) is 26.7 Å². The molecular weight excluding hydrogens is 343 g/mol. The molecule has 0 amide bonds. The third kappa shape index (κ3) is 7.76. The molecular formula is C6H10O4Pb. The van der Waals surface area contributed by atoms with Crippen molar-refractivity contribution in [2.75, 3.05) is 0 Å². The van der Waals surface area contributed by atoms with Gasteiger partial charge in [0.2, 0.25) is 0 Å². The third-order valence-corrected chi connectivity index (χ3v) is 3.45. The number of carbonyl (C=O) groups is 2. The van der Waals surface area contributed by atoms with Gasteiger partial charge in [0.15, 0.2) is 0 Å². The minimum atomic E-state index is -1.86. The fraction of sp³-hybridized carbons (Fsp3) is 0.667. The summed E-state index contributed by atoms with van der Waals surface area (Å²) < 4.78 is 9.28. The van der Waals surface area contributed by atoms with Crippen LogP contribution in [0.15, 0.2) is 0 Å². The van der Waals surface area contributed by atoms with Crippen molar-refractivity contribution < 1.29 is 15.0 Å². The topological polar surface area (TPSA) is 52.6 Å². The molecule has 11 heavy (non-hydrogen) atoms. The average molecular weight is 353 g/mol. The van der Waals surface area contributed by atoms with Crippen LogP contribution in [0.3, 0.4) is 0 Å². The molecule has 0 saturated carbocycles. The molecule has 0 aromatic rings. The van der Waals surface area contributed by atoms with Gasteiger partial charge >= 0.3 is 78.7 Å². The van der Waals surface area contributed by atoms with Crippen molar-refractivity contribution in [1.29, 1.82) is 0 Å². The van der Waals surface area contributed by atoms with E-state index >= 15 is 0 Å². The second-order valence-electron chi connectivity index (χ2n) is 1.90. The van der Waals surface area contributed by atoms with Gasteiger partial charge in [0.1, 0.15) is 0 Å². The second-order valence-corrected chi connectivity index (χ2v) is 4.14. The van der Waals surface area contributed by atoms with E-state index in [1.807, 2.05) is 6.92 Å². The monoisotopic (exact) mass is 354 g/mol. The minimum absolute atomic E-state index is 0.253. The maximum atomic E-state index is 10.7. The van der Waals surface area contributed by atoms with E-state index in [9.17, 15) is 9.59 Å². The summed E-state index contributed by atoms with van der Waals surface area (Å²) in [6, 6.07) is 0. The van der Waals surface area contributed by atoms with E-state index in [1.54, 1.807) is 0 Å². The molecule has 0 bridgehead atoms. The molecule has 0 N–H and O–H groups in total. The van der Waals surface area contributed by atoms with E-state index in [2.05, 4.69) is 2.69 Å². The Balaban J connectivity index is 3.24. The molecule has 0 spiro atoms. The van der Waals surface area contributed by atoms with Gasteiger partial charge in [-0.25, -0.2) is 0 Å². The van der Waals surface area contributed by atoms with Gasteiger partial charge in [0.05, 0.1) is 0 Å². The normalized spacial score (nSPS) is 8.91. The summed E-state index contributed by atoms with van der Waals surface area (Å²) in [6.45, 7) is 3.20. The van der Waals surface area contributed by atoms with Crippen LogP contribution in [0.1, 0.15) is 26.7 Å². The van der Waals surface area contributed by atoms with Gasteiger partial charge in [0, 0.05) is 0 Å². The Morgan fingerprint density at radius 2 is 2.00 bits per heavy atom. The first-order valence-electron chi connectivity index (χ1n) is 3.29. The molecule has 0 fully saturated rings. The van der Waals surface area contributed by atoms with Gasteiger partial charge in [-0.15, -0.1) is 0 Å². The van der Waals surface area contributed by atoms with Gasteiger partial charge in [-0.1, -0.05) is 0 Å². The Bertz CT molecular complexity index is 146. The molecule has 0 unspecified atom stereocenters. The SMILES string of the molecule is CCCC(=O)[O][Pb][O]C(C)=O. The maximum absolute atomic E-state index is 10.7. The molecule has 5 heteroatoms. The molecule has 0 rings (SSSR count). The van der Waals surface area contributed by atoms with Crippen LogP contribution >= 0.6 is 0 Å². The van der Waals surface area contributed by atoms with E-state index < -0.39 is 25.1 Å². The molecule has 2 radical (unpaired) electrons. The van der Waals surface area contributed by atoms with Gasteiger partial charge in [0.25, 0.3) is 0 Å². The van der Waals surface area contributed by atoms with Crippen molar-refractivity contribution in [2.24, 2.45) is 0 Å². The van der Waals surface area contributed by atoms with E-state index in [4.69, 9.17) is 2.69 Å². The van der Waals surface area contributed by atoms with E-state index in [1.165, 1.54) is 6.92 Å². The summed E-state index contributed by atoms with van der Waals surface area (Å²) in [5.41, 5.74) is 0. The Morgan fingerprint density at radius 1 is 1.36 bits per heavy atom. The zero-order valence-electron chi connectivity index (χ0n) is 6.55. The quantitative estimate of drug-likeness (QED) is 0.688. The molecule has 0 aromatic carbocycles. The van der Waals surface area contributed by atoms with Crippen LogP contribution < -0.4 is 0 Å². The molecule has 4 nitrogen and oxygen atoms in total. The summed E-state index contributed by atoms with van der Waals surface area (Å²) in [4.78, 5) is 20.9. The summed E-state index contributed by atoms with van der Waals surface area (Å²) in [7, 11) is 0. The molecule has 0 atom stereocenters. The molecule has 62 valence electrons. The van der Waals surface area contributed by atoms with E-state index in [0.717, 1.165) is 6.42 Å². The van der Waals surface area contributed by atoms with Crippen LogP contribution in [0.2, 0.25) is 0 Å². The number of hydrogen-bond donors (Lipinski definition) is 0. The van der Waals surface area contributed by atoms with Crippen molar-refractivity contribution in [3.63, 3.8) is 0 Å². The fourth-order valence-corrected chi connectivity index (χ4v) is 1.76. The summed E-state index contributed by atoms with van der Waals surface area (Å²) in [5, 5.41) is 0. The molecule has 0 aliphatic carbocycles. The molecule has 0 aromatic heterocycles. The Labute approximate surface area is 78.8 Å². The van der Waals surface area contributed by atoms with Crippen LogP contribution in [-0.4, -0.2) is 37.1 Å². The molecule has 0 aliphatic rings. The van der Waals surface area contributed by atoms with Crippen molar-refractivity contribution in [3.8, 4) is 0 Å². The van der Waals surface area contributed by atoms with E-state index in [-0.39, 0.29) is 11.9 Å². The second kappa shape index (κ2) is 6.56. The van der Waals surface area contributed by atoms with Crippen LogP contribution in [0.5, 0.6) is 0 Å². The fourth-order valence-electron chi connectivity index (χ4n) is 0.381. The van der Waals surface area contributed by atoms with Gasteiger partial charge in [-0.05, 0) is 0 Å². The predicted octanol–water partition coefficient (Wildman–Crippen LogP) is 0.427. The van der Waals surface area contributed by atoms with Gasteiger partial charge < -0.3 is 0 Å². The van der Waals surface area contributed by atoms with Crippen LogP contribution in [0, 0.1) is 0 Å². The predicted molar refractivity (Wildman–Crippen MR) is 38.5 cm³/mol. The summed E-state index contributed by atoms with van der Waals surface area (Å²) >= 11 is -1.86. The first-order chi connectivity index (χ1) is 5.16. The molecule has 0 aliphatic heterocycles. The first-order valence-corrected chi connectivity index (χ1v) is 6.46. The van der Waals surface area contributed by atoms with Crippen LogP contribution in [-0.2, 0) is 15.0 Å². The third-order valence-electron chi connectivity index (χ3n) is 0.795. The Hall–Kier alpha value is -0.138. The van der Waals surface area contributed by atoms with Crippen molar-refractivity contribution in [3.05, 3.63) is 0 Å². The first kappa shape index (κ1) is 10.9. The van der Waals surface area contributed by atoms with Crippen molar-refractivity contribution >= 4 is 37.1 Å². The van der Waals surface area contributed by atoms with Gasteiger partial charge in [-0.2, -0.15) is 0 Å². The Kier molecular flexibility index (Phi) is 6.48. The van der Waals surface area contributed by atoms with Gasteiger partial charge in [-0.3, -0.25) is 0 Å². The van der Waals surface area contributed by atoms with E-state index in [0.29, 0.717) is 6.42 Å². The number of carbonyl (C=O) groups excluding carboxylic acids is 2. The Morgan fingerprint density at radius 3 is 2.45 bits per heavy atom. The number of rotatable bonds is 4. The summed E-state index contributed by atoms with van der Waals surface area (Å²) in [6.07, 6.45) is 1.18. The van der Waals surface area contributed by atoms with Crippen LogP contribution in [0.25, 0.3) is 0 Å². The molecule has 0 heterocycles.